The summed E-state index contributed by atoms with van der Waals surface area (Å²) < 4.78 is 18.8. The minimum atomic E-state index is -0.626. The Kier molecular flexibility index (Phi) is 3.02. The Morgan fingerprint density at radius 3 is 2.28 bits per heavy atom. The lowest BCUT2D eigenvalue weighted by atomic mass is 10.2. The van der Waals surface area contributed by atoms with Gasteiger partial charge in [0.2, 0.25) is 0 Å². The maximum Gasteiger partial charge on any atom is 0.144 e. The van der Waals surface area contributed by atoms with Gasteiger partial charge in [0.15, 0.2) is 0 Å². The number of nitrogens with zero attached hydrogens (tertiary/aromatic N) is 1. The first-order chi connectivity index (χ1) is 8.60. The lowest BCUT2D eigenvalue weighted by molar-refractivity contribution is 0.477. The summed E-state index contributed by atoms with van der Waals surface area (Å²) in [6.07, 6.45) is 0. The van der Waals surface area contributed by atoms with E-state index in [0.717, 1.165) is 6.07 Å². The van der Waals surface area contributed by atoms with Crippen LogP contribution in [-0.2, 0) is 0 Å². The maximum atomic E-state index is 13.3. The van der Waals surface area contributed by atoms with Crippen LogP contribution in [0.2, 0.25) is 0 Å². The summed E-state index contributed by atoms with van der Waals surface area (Å²) in [6.45, 7) is 0. The molecule has 18 heavy (non-hydrogen) atoms. The lowest BCUT2D eigenvalue weighted by Crippen LogP contribution is -1.95. The summed E-state index contributed by atoms with van der Waals surface area (Å²) in [5, 5.41) is 8.60. The lowest BCUT2D eigenvalue weighted by Gasteiger charge is -2.08. The number of hydrogen-bond donors (Lipinski definition) is 2. The SMILES string of the molecule is N#Cc1ccc(Oc2ccc(N)c(N)c2)cc1F. The van der Waals surface area contributed by atoms with Crippen LogP contribution in [-0.4, -0.2) is 0 Å². The molecule has 0 fully saturated rings. The number of nitrogen functional groups attached to an aromatic ring is 2. The Morgan fingerprint density at radius 1 is 1.00 bits per heavy atom. The van der Waals surface area contributed by atoms with Crippen LogP contribution in [0.1, 0.15) is 5.56 Å². The Labute approximate surface area is 103 Å². The Balaban J connectivity index is 2.26. The van der Waals surface area contributed by atoms with Crippen molar-refractivity contribution in [3.63, 3.8) is 0 Å². The van der Waals surface area contributed by atoms with Crippen LogP contribution in [0.4, 0.5) is 15.8 Å². The maximum absolute atomic E-state index is 13.3. The average Bonchev–Trinajstić information content (AvgIpc) is 2.34. The predicted octanol–water partition coefficient (Wildman–Crippen LogP) is 2.65. The summed E-state index contributed by atoms with van der Waals surface area (Å²) in [6, 6.07) is 10.5. The van der Waals surface area contributed by atoms with Crippen molar-refractivity contribution in [3.05, 3.63) is 47.8 Å². The fourth-order valence-electron chi connectivity index (χ4n) is 1.40. The van der Waals surface area contributed by atoms with Crippen molar-refractivity contribution < 1.29 is 9.13 Å². The van der Waals surface area contributed by atoms with E-state index in [-0.39, 0.29) is 11.3 Å². The molecule has 2 aromatic carbocycles. The van der Waals surface area contributed by atoms with Gasteiger partial charge in [0.1, 0.15) is 23.4 Å². The van der Waals surface area contributed by atoms with Crippen molar-refractivity contribution in [2.24, 2.45) is 0 Å². The molecule has 0 bridgehead atoms. The zero-order valence-electron chi connectivity index (χ0n) is 9.35. The van der Waals surface area contributed by atoms with Gasteiger partial charge in [-0.3, -0.25) is 0 Å². The molecule has 0 saturated carbocycles. The highest BCUT2D eigenvalue weighted by Gasteiger charge is 2.05. The van der Waals surface area contributed by atoms with E-state index in [1.165, 1.54) is 12.1 Å². The Morgan fingerprint density at radius 2 is 1.67 bits per heavy atom. The quantitative estimate of drug-likeness (QED) is 0.794. The Hall–Kier alpha value is -2.74. The van der Waals surface area contributed by atoms with E-state index in [9.17, 15) is 4.39 Å². The molecule has 0 atom stereocenters. The summed E-state index contributed by atoms with van der Waals surface area (Å²) in [7, 11) is 0. The fraction of sp³-hybridized carbons (Fsp3) is 0. The molecule has 0 heterocycles. The number of halogens is 1. The molecular formula is C13H10FN3O. The summed E-state index contributed by atoms with van der Waals surface area (Å²) in [4.78, 5) is 0. The zero-order chi connectivity index (χ0) is 13.1. The van der Waals surface area contributed by atoms with Crippen LogP contribution in [0.25, 0.3) is 0 Å². The molecule has 0 spiro atoms. The molecule has 2 aromatic rings. The summed E-state index contributed by atoms with van der Waals surface area (Å²) >= 11 is 0. The van der Waals surface area contributed by atoms with Gasteiger partial charge in [0, 0.05) is 12.1 Å². The standard InChI is InChI=1S/C13H10FN3O/c14-11-5-9(2-1-8(11)7-15)18-10-3-4-12(16)13(17)6-10/h1-6H,16-17H2. The molecular weight excluding hydrogens is 233 g/mol. The molecule has 0 radical (unpaired) electrons. The molecule has 5 heteroatoms. The van der Waals surface area contributed by atoms with E-state index in [1.54, 1.807) is 24.3 Å². The number of hydrogen-bond acceptors (Lipinski definition) is 4. The number of nitrogens with two attached hydrogens (primary N) is 2. The van der Waals surface area contributed by atoms with Gasteiger partial charge in [0.05, 0.1) is 16.9 Å². The number of rotatable bonds is 2. The topological polar surface area (TPSA) is 85.1 Å². The number of benzene rings is 2. The average molecular weight is 243 g/mol. The van der Waals surface area contributed by atoms with Gasteiger partial charge in [-0.25, -0.2) is 4.39 Å². The van der Waals surface area contributed by atoms with Crippen molar-refractivity contribution in [2.75, 3.05) is 11.5 Å². The monoisotopic (exact) mass is 243 g/mol. The second kappa shape index (κ2) is 4.63. The van der Waals surface area contributed by atoms with Crippen LogP contribution >= 0.6 is 0 Å². The van der Waals surface area contributed by atoms with E-state index in [4.69, 9.17) is 21.5 Å². The molecule has 0 aliphatic rings. The van der Waals surface area contributed by atoms with Crippen molar-refractivity contribution >= 4 is 11.4 Å². The smallest absolute Gasteiger partial charge is 0.144 e. The first-order valence-electron chi connectivity index (χ1n) is 5.12. The molecule has 0 unspecified atom stereocenters. The largest absolute Gasteiger partial charge is 0.457 e. The third kappa shape index (κ3) is 2.33. The highest BCUT2D eigenvalue weighted by atomic mass is 19.1. The van der Waals surface area contributed by atoms with Gasteiger partial charge in [-0.05, 0) is 24.3 Å². The van der Waals surface area contributed by atoms with Gasteiger partial charge in [-0.1, -0.05) is 0 Å². The summed E-state index contributed by atoms with van der Waals surface area (Å²) in [5.41, 5.74) is 12.0. The molecule has 0 saturated heterocycles. The zero-order valence-corrected chi connectivity index (χ0v) is 9.35. The molecule has 2 rings (SSSR count). The van der Waals surface area contributed by atoms with Crippen molar-refractivity contribution in [3.8, 4) is 17.6 Å². The van der Waals surface area contributed by atoms with Crippen LogP contribution in [0.15, 0.2) is 36.4 Å². The molecule has 0 aliphatic heterocycles. The highest BCUT2D eigenvalue weighted by Crippen LogP contribution is 2.27. The van der Waals surface area contributed by atoms with Crippen LogP contribution in [0.3, 0.4) is 0 Å². The van der Waals surface area contributed by atoms with Gasteiger partial charge < -0.3 is 16.2 Å². The second-order valence-electron chi connectivity index (χ2n) is 3.65. The predicted molar refractivity (Wildman–Crippen MR) is 66.5 cm³/mol. The van der Waals surface area contributed by atoms with E-state index in [0.29, 0.717) is 17.1 Å². The highest BCUT2D eigenvalue weighted by molar-refractivity contribution is 5.65. The second-order valence-corrected chi connectivity index (χ2v) is 3.65. The van der Waals surface area contributed by atoms with Gasteiger partial charge in [-0.15, -0.1) is 0 Å². The molecule has 90 valence electrons. The first-order valence-corrected chi connectivity index (χ1v) is 5.12. The Bertz CT molecular complexity index is 635. The third-order valence-corrected chi connectivity index (χ3v) is 2.35. The summed E-state index contributed by atoms with van der Waals surface area (Å²) in [5.74, 6) is 0.111. The number of nitriles is 1. The van der Waals surface area contributed by atoms with Crippen LogP contribution in [0, 0.1) is 17.1 Å². The van der Waals surface area contributed by atoms with Crippen LogP contribution in [0.5, 0.6) is 11.5 Å². The molecule has 0 amide bonds. The molecule has 0 aromatic heterocycles. The molecule has 4 N–H and O–H groups in total. The van der Waals surface area contributed by atoms with E-state index in [2.05, 4.69) is 0 Å². The number of ether oxygens (including phenoxy) is 1. The number of anilines is 2. The van der Waals surface area contributed by atoms with Gasteiger partial charge in [-0.2, -0.15) is 5.26 Å². The van der Waals surface area contributed by atoms with Gasteiger partial charge in [0.25, 0.3) is 0 Å². The van der Waals surface area contributed by atoms with Gasteiger partial charge >= 0.3 is 0 Å². The molecule has 4 nitrogen and oxygen atoms in total. The van der Waals surface area contributed by atoms with E-state index >= 15 is 0 Å². The minimum Gasteiger partial charge on any atom is -0.457 e. The van der Waals surface area contributed by atoms with Crippen molar-refractivity contribution in [1.82, 2.24) is 0 Å². The fourth-order valence-corrected chi connectivity index (χ4v) is 1.40. The van der Waals surface area contributed by atoms with Crippen LogP contribution < -0.4 is 16.2 Å². The van der Waals surface area contributed by atoms with E-state index < -0.39 is 5.82 Å². The molecule has 0 aliphatic carbocycles. The minimum absolute atomic E-state index is 0.0285. The third-order valence-electron chi connectivity index (χ3n) is 2.35. The van der Waals surface area contributed by atoms with Crippen molar-refractivity contribution in [2.45, 2.75) is 0 Å². The first kappa shape index (κ1) is 11.7. The normalized spacial score (nSPS) is 9.78. The van der Waals surface area contributed by atoms with E-state index in [1.807, 2.05) is 0 Å². The van der Waals surface area contributed by atoms with Crippen molar-refractivity contribution in [1.29, 1.82) is 5.26 Å².